The second kappa shape index (κ2) is 5.85. The molecule has 4 heteroatoms. The van der Waals surface area contributed by atoms with E-state index in [-0.39, 0.29) is 5.91 Å². The summed E-state index contributed by atoms with van der Waals surface area (Å²) in [4.78, 5) is 12.3. The van der Waals surface area contributed by atoms with E-state index in [0.29, 0.717) is 12.1 Å². The van der Waals surface area contributed by atoms with Gasteiger partial charge in [0.15, 0.2) is 0 Å². The van der Waals surface area contributed by atoms with E-state index in [9.17, 15) is 4.79 Å². The lowest BCUT2D eigenvalue weighted by Gasteiger charge is -2.26. The number of rotatable bonds is 4. The Morgan fingerprint density at radius 2 is 2.42 bits per heavy atom. The maximum atomic E-state index is 12.3. The van der Waals surface area contributed by atoms with Crippen molar-refractivity contribution in [3.63, 3.8) is 0 Å². The largest absolute Gasteiger partial charge is 0.350 e. The van der Waals surface area contributed by atoms with Crippen LogP contribution in [0.1, 0.15) is 37.3 Å². The number of nitriles is 1. The third-order valence-corrected chi connectivity index (χ3v) is 3.79. The SMILES string of the molecule is CCC1(C(=O)NCc2cccc(C#N)c2)CCCN1. The molecule has 1 amide bonds. The summed E-state index contributed by atoms with van der Waals surface area (Å²) in [7, 11) is 0. The second-order valence-corrected chi connectivity index (χ2v) is 4.96. The van der Waals surface area contributed by atoms with E-state index >= 15 is 0 Å². The van der Waals surface area contributed by atoms with Gasteiger partial charge in [-0.1, -0.05) is 19.1 Å². The molecular weight excluding hydrogens is 238 g/mol. The van der Waals surface area contributed by atoms with Crippen LogP contribution in [0.2, 0.25) is 0 Å². The molecule has 1 aliphatic rings. The summed E-state index contributed by atoms with van der Waals surface area (Å²) < 4.78 is 0. The summed E-state index contributed by atoms with van der Waals surface area (Å²) in [5, 5.41) is 15.1. The fourth-order valence-electron chi connectivity index (χ4n) is 2.56. The van der Waals surface area contributed by atoms with Gasteiger partial charge in [0.25, 0.3) is 0 Å². The van der Waals surface area contributed by atoms with E-state index in [2.05, 4.69) is 16.7 Å². The maximum Gasteiger partial charge on any atom is 0.240 e. The highest BCUT2D eigenvalue weighted by molar-refractivity contribution is 5.86. The van der Waals surface area contributed by atoms with Gasteiger partial charge in [0.2, 0.25) is 5.91 Å². The predicted molar refractivity (Wildman–Crippen MR) is 73.3 cm³/mol. The highest BCUT2D eigenvalue weighted by Crippen LogP contribution is 2.23. The quantitative estimate of drug-likeness (QED) is 0.863. The number of carbonyl (C=O) groups is 1. The molecule has 1 aliphatic heterocycles. The van der Waals surface area contributed by atoms with Crippen LogP contribution in [0.4, 0.5) is 0 Å². The number of amides is 1. The monoisotopic (exact) mass is 257 g/mol. The van der Waals surface area contributed by atoms with E-state index in [1.54, 1.807) is 12.1 Å². The molecule has 100 valence electrons. The Kier molecular flexibility index (Phi) is 4.18. The zero-order valence-corrected chi connectivity index (χ0v) is 11.2. The summed E-state index contributed by atoms with van der Waals surface area (Å²) in [6.07, 6.45) is 2.75. The molecule has 1 aromatic carbocycles. The van der Waals surface area contributed by atoms with Crippen LogP contribution in [0.5, 0.6) is 0 Å². The van der Waals surface area contributed by atoms with Crippen LogP contribution in [0.25, 0.3) is 0 Å². The van der Waals surface area contributed by atoms with Crippen LogP contribution < -0.4 is 10.6 Å². The zero-order chi connectivity index (χ0) is 13.7. The number of hydrogen-bond donors (Lipinski definition) is 2. The van der Waals surface area contributed by atoms with E-state index in [4.69, 9.17) is 5.26 Å². The van der Waals surface area contributed by atoms with E-state index < -0.39 is 5.54 Å². The summed E-state index contributed by atoms with van der Waals surface area (Å²) in [5.41, 5.74) is 1.18. The van der Waals surface area contributed by atoms with Gasteiger partial charge in [-0.3, -0.25) is 4.79 Å². The van der Waals surface area contributed by atoms with Crippen molar-refractivity contribution in [3.05, 3.63) is 35.4 Å². The molecule has 19 heavy (non-hydrogen) atoms. The van der Waals surface area contributed by atoms with Gasteiger partial charge < -0.3 is 10.6 Å². The molecule has 2 N–H and O–H groups in total. The molecule has 1 fully saturated rings. The Morgan fingerprint density at radius 1 is 1.58 bits per heavy atom. The lowest BCUT2D eigenvalue weighted by Crippen LogP contribution is -2.52. The molecule has 0 aromatic heterocycles. The van der Waals surface area contributed by atoms with Crippen LogP contribution >= 0.6 is 0 Å². The van der Waals surface area contributed by atoms with Crippen molar-refractivity contribution in [3.8, 4) is 6.07 Å². The molecule has 0 aliphatic carbocycles. The fourth-order valence-corrected chi connectivity index (χ4v) is 2.56. The van der Waals surface area contributed by atoms with Crippen molar-refractivity contribution in [2.24, 2.45) is 0 Å². The van der Waals surface area contributed by atoms with Crippen LogP contribution in [-0.2, 0) is 11.3 Å². The minimum atomic E-state index is -0.396. The molecule has 0 saturated carbocycles. The fraction of sp³-hybridized carbons (Fsp3) is 0.467. The Labute approximate surface area is 113 Å². The number of carbonyl (C=O) groups excluding carboxylic acids is 1. The van der Waals surface area contributed by atoms with E-state index in [1.807, 2.05) is 19.1 Å². The van der Waals surface area contributed by atoms with Gasteiger partial charge in [0.1, 0.15) is 0 Å². The van der Waals surface area contributed by atoms with Crippen molar-refractivity contribution in [2.75, 3.05) is 6.54 Å². The Hall–Kier alpha value is -1.86. The van der Waals surface area contributed by atoms with Gasteiger partial charge >= 0.3 is 0 Å². The van der Waals surface area contributed by atoms with E-state index in [1.165, 1.54) is 0 Å². The molecule has 0 spiro atoms. The first-order valence-corrected chi connectivity index (χ1v) is 6.72. The Morgan fingerprint density at radius 3 is 3.05 bits per heavy atom. The highest BCUT2D eigenvalue weighted by atomic mass is 16.2. The van der Waals surface area contributed by atoms with Gasteiger partial charge in [-0.2, -0.15) is 5.26 Å². The van der Waals surface area contributed by atoms with Crippen LogP contribution in [-0.4, -0.2) is 18.0 Å². The first kappa shape index (κ1) is 13.6. The van der Waals surface area contributed by atoms with Crippen molar-refractivity contribution in [1.82, 2.24) is 10.6 Å². The summed E-state index contributed by atoms with van der Waals surface area (Å²) in [6.45, 7) is 3.41. The Balaban J connectivity index is 1.98. The number of hydrogen-bond acceptors (Lipinski definition) is 3. The average molecular weight is 257 g/mol. The number of benzene rings is 1. The third-order valence-electron chi connectivity index (χ3n) is 3.79. The van der Waals surface area contributed by atoms with Crippen molar-refractivity contribution in [2.45, 2.75) is 38.3 Å². The number of nitrogens with zero attached hydrogens (tertiary/aromatic N) is 1. The summed E-state index contributed by atoms with van der Waals surface area (Å²) in [6, 6.07) is 9.43. The van der Waals surface area contributed by atoms with Gasteiger partial charge in [-0.05, 0) is 43.5 Å². The van der Waals surface area contributed by atoms with Gasteiger partial charge in [-0.15, -0.1) is 0 Å². The molecular formula is C15H19N3O. The predicted octanol–water partition coefficient (Wildman–Crippen LogP) is 1.71. The molecule has 0 radical (unpaired) electrons. The molecule has 4 nitrogen and oxygen atoms in total. The van der Waals surface area contributed by atoms with Crippen LogP contribution in [0.15, 0.2) is 24.3 Å². The van der Waals surface area contributed by atoms with Crippen LogP contribution in [0.3, 0.4) is 0 Å². The van der Waals surface area contributed by atoms with E-state index in [0.717, 1.165) is 31.4 Å². The topological polar surface area (TPSA) is 64.9 Å². The zero-order valence-electron chi connectivity index (χ0n) is 11.2. The third kappa shape index (κ3) is 2.94. The molecule has 1 aromatic rings. The maximum absolute atomic E-state index is 12.3. The number of nitrogens with one attached hydrogen (secondary N) is 2. The Bertz CT molecular complexity index is 498. The molecule has 1 unspecified atom stereocenters. The van der Waals surface area contributed by atoms with Gasteiger partial charge in [0, 0.05) is 6.54 Å². The van der Waals surface area contributed by atoms with Gasteiger partial charge in [0.05, 0.1) is 17.2 Å². The second-order valence-electron chi connectivity index (χ2n) is 4.96. The molecule has 1 saturated heterocycles. The first-order chi connectivity index (χ1) is 9.20. The van der Waals surface area contributed by atoms with Crippen molar-refractivity contribution >= 4 is 5.91 Å². The smallest absolute Gasteiger partial charge is 0.240 e. The molecule has 0 bridgehead atoms. The van der Waals surface area contributed by atoms with Crippen molar-refractivity contribution < 1.29 is 4.79 Å². The normalized spacial score (nSPS) is 21.9. The highest BCUT2D eigenvalue weighted by Gasteiger charge is 2.38. The minimum absolute atomic E-state index is 0.0647. The summed E-state index contributed by atoms with van der Waals surface area (Å²) in [5.74, 6) is 0.0647. The first-order valence-electron chi connectivity index (χ1n) is 6.72. The lowest BCUT2D eigenvalue weighted by molar-refractivity contribution is -0.127. The minimum Gasteiger partial charge on any atom is -0.350 e. The lowest BCUT2D eigenvalue weighted by atomic mass is 9.93. The molecule has 2 rings (SSSR count). The summed E-state index contributed by atoms with van der Waals surface area (Å²) >= 11 is 0. The molecule has 1 heterocycles. The van der Waals surface area contributed by atoms with Gasteiger partial charge in [-0.25, -0.2) is 0 Å². The average Bonchev–Trinajstić information content (AvgIpc) is 2.95. The van der Waals surface area contributed by atoms with Crippen molar-refractivity contribution in [1.29, 1.82) is 5.26 Å². The molecule has 1 atom stereocenters. The standard InChI is InChI=1S/C15H19N3O/c1-2-15(7-4-8-18-15)14(19)17-11-13-6-3-5-12(9-13)10-16/h3,5-6,9,18H,2,4,7-8,11H2,1H3,(H,17,19). The van der Waals surface area contributed by atoms with Crippen LogP contribution in [0, 0.1) is 11.3 Å².